The normalized spacial score (nSPS) is 12.2. The maximum absolute atomic E-state index is 12.8. The van der Waals surface area contributed by atoms with Gasteiger partial charge in [-0.2, -0.15) is 0 Å². The minimum Gasteiger partial charge on any atom is -0.462 e. The molecule has 0 rings (SSSR count). The number of hydrogen-bond donors (Lipinski definition) is 0. The highest BCUT2D eigenvalue weighted by Crippen LogP contribution is 2.16. The molecule has 6 heteroatoms. The monoisotopic (exact) mass is 857 g/mol. The quantitative estimate of drug-likeness (QED) is 0.0262. The van der Waals surface area contributed by atoms with E-state index in [1.165, 1.54) is 148 Å². The van der Waals surface area contributed by atoms with Crippen molar-refractivity contribution >= 4 is 17.9 Å². The predicted molar refractivity (Wildman–Crippen MR) is 261 cm³/mol. The highest BCUT2D eigenvalue weighted by molar-refractivity contribution is 5.71. The van der Waals surface area contributed by atoms with Gasteiger partial charge >= 0.3 is 17.9 Å². The molecule has 0 aromatic heterocycles. The second-order valence-corrected chi connectivity index (χ2v) is 17.8. The maximum atomic E-state index is 12.8. The lowest BCUT2D eigenvalue weighted by Crippen LogP contribution is -2.30. The van der Waals surface area contributed by atoms with E-state index in [9.17, 15) is 14.4 Å². The zero-order chi connectivity index (χ0) is 44.4. The molecule has 356 valence electrons. The Hall–Kier alpha value is -2.37. The average Bonchev–Trinajstić information content (AvgIpc) is 3.26. The fraction of sp³-hybridized carbons (Fsp3) is 0.836. The first kappa shape index (κ1) is 58.6. The predicted octanol–water partition coefficient (Wildman–Crippen LogP) is 17.3. The van der Waals surface area contributed by atoms with Crippen molar-refractivity contribution in [3.8, 4) is 0 Å². The molecule has 6 nitrogen and oxygen atoms in total. The second kappa shape index (κ2) is 50.3. The number of hydrogen-bond acceptors (Lipinski definition) is 6. The first-order valence-corrected chi connectivity index (χ1v) is 26.5. The van der Waals surface area contributed by atoms with Crippen LogP contribution in [-0.4, -0.2) is 37.2 Å². The maximum Gasteiger partial charge on any atom is 0.306 e. The number of carbonyl (C=O) groups is 3. The minimum atomic E-state index is -0.778. The third-order valence-electron chi connectivity index (χ3n) is 11.6. The van der Waals surface area contributed by atoms with Crippen LogP contribution in [0.4, 0.5) is 0 Å². The molecular weight excluding hydrogens is 757 g/mol. The first-order valence-electron chi connectivity index (χ1n) is 26.5. The molecule has 0 aromatic rings. The minimum absolute atomic E-state index is 0.0775. The lowest BCUT2D eigenvalue weighted by molar-refractivity contribution is -0.167. The number of allylic oxidation sites excluding steroid dienone is 6. The van der Waals surface area contributed by atoms with E-state index < -0.39 is 6.10 Å². The number of carbonyl (C=O) groups excluding carboxylic acids is 3. The van der Waals surface area contributed by atoms with Gasteiger partial charge in [-0.25, -0.2) is 0 Å². The molecule has 0 radical (unpaired) electrons. The van der Waals surface area contributed by atoms with Gasteiger partial charge in [0.1, 0.15) is 13.2 Å². The molecule has 0 fully saturated rings. The van der Waals surface area contributed by atoms with Crippen molar-refractivity contribution in [1.82, 2.24) is 0 Å². The van der Waals surface area contributed by atoms with Crippen LogP contribution in [0.25, 0.3) is 0 Å². The van der Waals surface area contributed by atoms with E-state index in [0.717, 1.165) is 89.9 Å². The lowest BCUT2D eigenvalue weighted by atomic mass is 10.0. The van der Waals surface area contributed by atoms with E-state index in [-0.39, 0.29) is 31.1 Å². The molecule has 0 aromatic carbocycles. The van der Waals surface area contributed by atoms with Crippen molar-refractivity contribution in [1.29, 1.82) is 0 Å². The van der Waals surface area contributed by atoms with Gasteiger partial charge in [0, 0.05) is 19.3 Å². The molecule has 0 amide bonds. The van der Waals surface area contributed by atoms with Crippen LogP contribution >= 0.6 is 0 Å². The lowest BCUT2D eigenvalue weighted by Gasteiger charge is -2.18. The number of unbranched alkanes of at least 4 members (excludes halogenated alkanes) is 31. The van der Waals surface area contributed by atoms with Crippen molar-refractivity contribution in [2.24, 2.45) is 0 Å². The Morgan fingerprint density at radius 3 is 1.00 bits per heavy atom. The van der Waals surface area contributed by atoms with Crippen molar-refractivity contribution in [3.63, 3.8) is 0 Å². The molecule has 0 bridgehead atoms. The SMILES string of the molecule is CCCC/C=C\CCCCCCCC(=O)OC[C@H](COC(=O)CCCCCCCCCCCCCCCCCCC)OC(=O)CCCCCCC/C=C\C/C=C\CCCCC. The molecule has 0 aliphatic heterocycles. The summed E-state index contributed by atoms with van der Waals surface area (Å²) in [7, 11) is 0. The van der Waals surface area contributed by atoms with Crippen LogP contribution in [0.3, 0.4) is 0 Å². The molecule has 0 heterocycles. The van der Waals surface area contributed by atoms with Gasteiger partial charge in [0.15, 0.2) is 6.10 Å². The van der Waals surface area contributed by atoms with Gasteiger partial charge in [0.2, 0.25) is 0 Å². The van der Waals surface area contributed by atoms with E-state index in [1.807, 2.05) is 0 Å². The average molecular weight is 857 g/mol. The molecule has 1 atom stereocenters. The Morgan fingerprint density at radius 1 is 0.328 bits per heavy atom. The highest BCUT2D eigenvalue weighted by atomic mass is 16.6. The number of rotatable bonds is 48. The molecule has 0 aliphatic rings. The highest BCUT2D eigenvalue weighted by Gasteiger charge is 2.19. The smallest absolute Gasteiger partial charge is 0.306 e. The standard InChI is InChI=1S/C55H100O6/c1-4-7-10-13-16-19-22-24-26-27-29-30-33-36-39-42-45-48-54(57)60-51-52(50-59-53(56)47-44-41-38-35-32-21-18-15-12-9-6-3)61-55(58)49-46-43-40-37-34-31-28-25-23-20-17-14-11-8-5-2/h15,17-18,20,25,28,52H,4-14,16,19,21-24,26-27,29-51H2,1-3H3/b18-15-,20-17-,28-25-/t52-/m1/s1. The molecule has 0 spiro atoms. The molecule has 0 aliphatic carbocycles. The van der Waals surface area contributed by atoms with Crippen LogP contribution in [0.1, 0.15) is 278 Å². The van der Waals surface area contributed by atoms with Gasteiger partial charge in [-0.15, -0.1) is 0 Å². The summed E-state index contributed by atoms with van der Waals surface area (Å²) in [6.07, 6.45) is 58.4. The summed E-state index contributed by atoms with van der Waals surface area (Å²) in [6.45, 7) is 6.58. The second-order valence-electron chi connectivity index (χ2n) is 17.8. The van der Waals surface area contributed by atoms with E-state index in [1.54, 1.807) is 0 Å². The van der Waals surface area contributed by atoms with Gasteiger partial charge in [-0.3, -0.25) is 14.4 Å². The molecule has 0 N–H and O–H groups in total. The van der Waals surface area contributed by atoms with Gasteiger partial charge < -0.3 is 14.2 Å². The molecule has 0 saturated carbocycles. The van der Waals surface area contributed by atoms with Gasteiger partial charge in [-0.1, -0.05) is 224 Å². The Labute approximate surface area is 378 Å². The van der Waals surface area contributed by atoms with Crippen molar-refractivity contribution in [3.05, 3.63) is 36.5 Å². The fourth-order valence-corrected chi connectivity index (χ4v) is 7.57. The van der Waals surface area contributed by atoms with Crippen LogP contribution < -0.4 is 0 Å². The summed E-state index contributed by atoms with van der Waals surface area (Å²) < 4.78 is 16.8. The summed E-state index contributed by atoms with van der Waals surface area (Å²) in [5, 5.41) is 0. The van der Waals surface area contributed by atoms with Crippen LogP contribution in [0.2, 0.25) is 0 Å². The molecule has 0 saturated heterocycles. The van der Waals surface area contributed by atoms with Crippen molar-refractivity contribution in [2.45, 2.75) is 284 Å². The van der Waals surface area contributed by atoms with Gasteiger partial charge in [0.25, 0.3) is 0 Å². The Bertz CT molecular complexity index is 1030. The largest absolute Gasteiger partial charge is 0.462 e. The summed E-state index contributed by atoms with van der Waals surface area (Å²) in [5.74, 6) is -0.891. The fourth-order valence-electron chi connectivity index (χ4n) is 7.57. The van der Waals surface area contributed by atoms with Crippen LogP contribution in [-0.2, 0) is 28.6 Å². The van der Waals surface area contributed by atoms with Gasteiger partial charge in [0.05, 0.1) is 0 Å². The Balaban J connectivity index is 4.34. The summed E-state index contributed by atoms with van der Waals surface area (Å²) in [5.41, 5.74) is 0. The number of esters is 3. The topological polar surface area (TPSA) is 78.9 Å². The van der Waals surface area contributed by atoms with E-state index in [0.29, 0.717) is 19.3 Å². The molecule has 61 heavy (non-hydrogen) atoms. The van der Waals surface area contributed by atoms with E-state index >= 15 is 0 Å². The zero-order valence-electron chi connectivity index (χ0n) is 40.7. The van der Waals surface area contributed by atoms with Crippen molar-refractivity contribution in [2.75, 3.05) is 13.2 Å². The van der Waals surface area contributed by atoms with E-state index in [4.69, 9.17) is 14.2 Å². The summed E-state index contributed by atoms with van der Waals surface area (Å²) in [4.78, 5) is 38.0. The molecule has 0 unspecified atom stereocenters. The number of ether oxygens (including phenoxy) is 3. The van der Waals surface area contributed by atoms with Crippen molar-refractivity contribution < 1.29 is 28.6 Å². The Kier molecular flexibility index (Phi) is 48.3. The third kappa shape index (κ3) is 48.5. The van der Waals surface area contributed by atoms with Crippen LogP contribution in [0.15, 0.2) is 36.5 Å². The van der Waals surface area contributed by atoms with Crippen LogP contribution in [0.5, 0.6) is 0 Å². The van der Waals surface area contributed by atoms with Gasteiger partial charge in [-0.05, 0) is 70.6 Å². The van der Waals surface area contributed by atoms with E-state index in [2.05, 4.69) is 57.2 Å². The Morgan fingerprint density at radius 2 is 0.607 bits per heavy atom. The summed E-state index contributed by atoms with van der Waals surface area (Å²) in [6, 6.07) is 0. The first-order chi connectivity index (χ1) is 30.0. The summed E-state index contributed by atoms with van der Waals surface area (Å²) >= 11 is 0. The van der Waals surface area contributed by atoms with Crippen LogP contribution in [0, 0.1) is 0 Å². The zero-order valence-corrected chi connectivity index (χ0v) is 40.7. The third-order valence-corrected chi connectivity index (χ3v) is 11.6. The molecular formula is C55H100O6.